The summed E-state index contributed by atoms with van der Waals surface area (Å²) in [6.45, 7) is 8.91. The Labute approximate surface area is 126 Å². The average Bonchev–Trinajstić information content (AvgIpc) is 3.01. The fourth-order valence-corrected chi connectivity index (χ4v) is 3.11. The number of anilines is 1. The van der Waals surface area contributed by atoms with E-state index in [-0.39, 0.29) is 0 Å². The van der Waals surface area contributed by atoms with E-state index >= 15 is 0 Å². The molecule has 0 bridgehead atoms. The zero-order valence-electron chi connectivity index (χ0n) is 12.6. The first kappa shape index (κ1) is 14.3. The summed E-state index contributed by atoms with van der Waals surface area (Å²) in [5, 5.41) is 9.24. The van der Waals surface area contributed by atoms with Crippen LogP contribution in [0.15, 0.2) is 12.1 Å². The van der Waals surface area contributed by atoms with Crippen LogP contribution < -0.4 is 4.90 Å². The molecule has 21 heavy (non-hydrogen) atoms. The number of ether oxygens (including phenoxy) is 1. The van der Waals surface area contributed by atoms with E-state index in [9.17, 15) is 5.26 Å². The van der Waals surface area contributed by atoms with Crippen molar-refractivity contribution in [2.24, 2.45) is 5.92 Å². The van der Waals surface area contributed by atoms with Crippen molar-refractivity contribution in [2.75, 3.05) is 50.8 Å². The number of nitrogens with zero attached hydrogens (tertiary/aromatic N) is 4. The standard InChI is InChI=1S/C16H22N4O/c1-13-2-3-15(10-17)16(18-13)20-7-5-19(6-8-20)11-14-4-9-21-12-14/h2-3,14H,4-9,11-12H2,1H3/t14-/m0/s1. The monoisotopic (exact) mass is 286 g/mol. The van der Waals surface area contributed by atoms with E-state index in [1.54, 1.807) is 0 Å². The Hall–Kier alpha value is -1.64. The van der Waals surface area contributed by atoms with Crippen LogP contribution in [0.25, 0.3) is 0 Å². The molecule has 0 unspecified atom stereocenters. The van der Waals surface area contributed by atoms with E-state index in [0.29, 0.717) is 11.5 Å². The highest BCUT2D eigenvalue weighted by atomic mass is 16.5. The fraction of sp³-hybridized carbons (Fsp3) is 0.625. The maximum atomic E-state index is 9.24. The molecule has 2 aliphatic rings. The zero-order valence-corrected chi connectivity index (χ0v) is 12.6. The fourth-order valence-electron chi connectivity index (χ4n) is 3.11. The van der Waals surface area contributed by atoms with Gasteiger partial charge in [0.1, 0.15) is 11.9 Å². The molecule has 3 rings (SSSR count). The van der Waals surface area contributed by atoms with Crippen molar-refractivity contribution < 1.29 is 4.74 Å². The van der Waals surface area contributed by atoms with Gasteiger partial charge < -0.3 is 9.64 Å². The van der Waals surface area contributed by atoms with Crippen LogP contribution in [0.2, 0.25) is 0 Å². The van der Waals surface area contributed by atoms with Gasteiger partial charge in [0.2, 0.25) is 0 Å². The van der Waals surface area contributed by atoms with Gasteiger partial charge in [-0.3, -0.25) is 4.90 Å². The Kier molecular flexibility index (Phi) is 4.37. The summed E-state index contributed by atoms with van der Waals surface area (Å²) in [6.07, 6.45) is 1.19. The molecule has 5 nitrogen and oxygen atoms in total. The van der Waals surface area contributed by atoms with Crippen molar-refractivity contribution in [1.82, 2.24) is 9.88 Å². The second kappa shape index (κ2) is 6.42. The third-order valence-corrected chi connectivity index (χ3v) is 4.35. The number of pyridine rings is 1. The predicted molar refractivity (Wildman–Crippen MR) is 81.3 cm³/mol. The SMILES string of the molecule is Cc1ccc(C#N)c(N2CCN(C[C@@H]3CCOC3)CC2)n1. The Morgan fingerprint density at radius 3 is 2.81 bits per heavy atom. The lowest BCUT2D eigenvalue weighted by Crippen LogP contribution is -2.48. The van der Waals surface area contributed by atoms with Crippen LogP contribution in [0.4, 0.5) is 5.82 Å². The van der Waals surface area contributed by atoms with Gasteiger partial charge in [-0.25, -0.2) is 4.98 Å². The molecule has 3 heterocycles. The molecule has 0 amide bonds. The lowest BCUT2D eigenvalue weighted by atomic mass is 10.1. The largest absolute Gasteiger partial charge is 0.381 e. The van der Waals surface area contributed by atoms with Crippen LogP contribution in [-0.4, -0.2) is 55.8 Å². The van der Waals surface area contributed by atoms with E-state index in [4.69, 9.17) is 4.74 Å². The Morgan fingerprint density at radius 2 is 2.14 bits per heavy atom. The molecule has 0 saturated carbocycles. The molecule has 2 saturated heterocycles. The third kappa shape index (κ3) is 3.34. The van der Waals surface area contributed by atoms with Gasteiger partial charge in [-0.15, -0.1) is 0 Å². The minimum absolute atomic E-state index is 0.679. The third-order valence-electron chi connectivity index (χ3n) is 4.35. The molecule has 0 N–H and O–H groups in total. The topological polar surface area (TPSA) is 52.4 Å². The highest BCUT2D eigenvalue weighted by Gasteiger charge is 2.24. The normalized spacial score (nSPS) is 23.2. The van der Waals surface area contributed by atoms with Crippen molar-refractivity contribution in [3.8, 4) is 6.07 Å². The van der Waals surface area contributed by atoms with Crippen LogP contribution >= 0.6 is 0 Å². The molecule has 2 fully saturated rings. The number of nitriles is 1. The molecule has 0 aromatic carbocycles. The van der Waals surface area contributed by atoms with Gasteiger partial charge in [0.25, 0.3) is 0 Å². The first-order valence-electron chi connectivity index (χ1n) is 7.69. The van der Waals surface area contributed by atoms with E-state index in [1.165, 1.54) is 6.42 Å². The van der Waals surface area contributed by atoms with Crippen LogP contribution in [0, 0.1) is 24.2 Å². The molecule has 1 aromatic heterocycles. The molecule has 1 atom stereocenters. The second-order valence-electron chi connectivity index (χ2n) is 5.95. The van der Waals surface area contributed by atoms with E-state index < -0.39 is 0 Å². The smallest absolute Gasteiger partial charge is 0.146 e. The van der Waals surface area contributed by atoms with Crippen molar-refractivity contribution >= 4 is 5.82 Å². The van der Waals surface area contributed by atoms with E-state index in [2.05, 4.69) is 20.9 Å². The maximum Gasteiger partial charge on any atom is 0.146 e. The second-order valence-corrected chi connectivity index (χ2v) is 5.95. The van der Waals surface area contributed by atoms with Gasteiger partial charge >= 0.3 is 0 Å². The van der Waals surface area contributed by atoms with Crippen molar-refractivity contribution in [2.45, 2.75) is 13.3 Å². The Balaban J connectivity index is 1.60. The lowest BCUT2D eigenvalue weighted by molar-refractivity contribution is 0.164. The lowest BCUT2D eigenvalue weighted by Gasteiger charge is -2.36. The van der Waals surface area contributed by atoms with Crippen molar-refractivity contribution in [1.29, 1.82) is 5.26 Å². The van der Waals surface area contributed by atoms with Crippen LogP contribution in [0.3, 0.4) is 0 Å². The summed E-state index contributed by atoms with van der Waals surface area (Å²) in [5.41, 5.74) is 1.65. The minimum atomic E-state index is 0.679. The van der Waals surface area contributed by atoms with Gasteiger partial charge in [-0.05, 0) is 31.4 Å². The molecule has 112 valence electrons. The van der Waals surface area contributed by atoms with Gasteiger partial charge in [-0.2, -0.15) is 5.26 Å². The summed E-state index contributed by atoms with van der Waals surface area (Å²) >= 11 is 0. The molecular weight excluding hydrogens is 264 g/mol. The first-order valence-corrected chi connectivity index (χ1v) is 7.69. The number of piperazine rings is 1. The van der Waals surface area contributed by atoms with Gasteiger partial charge in [0.15, 0.2) is 0 Å². The number of hydrogen-bond acceptors (Lipinski definition) is 5. The van der Waals surface area contributed by atoms with Crippen LogP contribution in [0.5, 0.6) is 0 Å². The van der Waals surface area contributed by atoms with Crippen molar-refractivity contribution in [3.05, 3.63) is 23.4 Å². The van der Waals surface area contributed by atoms with E-state index in [0.717, 1.165) is 57.4 Å². The van der Waals surface area contributed by atoms with E-state index in [1.807, 2.05) is 19.1 Å². The zero-order chi connectivity index (χ0) is 14.7. The minimum Gasteiger partial charge on any atom is -0.381 e. The van der Waals surface area contributed by atoms with Crippen molar-refractivity contribution in [3.63, 3.8) is 0 Å². The molecule has 5 heteroatoms. The summed E-state index contributed by atoms with van der Waals surface area (Å²) in [7, 11) is 0. The molecule has 0 aliphatic carbocycles. The molecule has 1 aromatic rings. The Bertz CT molecular complexity index is 526. The van der Waals surface area contributed by atoms with Gasteiger partial charge in [0.05, 0.1) is 12.2 Å². The predicted octanol–water partition coefficient (Wildman–Crippen LogP) is 1.42. The quantitative estimate of drug-likeness (QED) is 0.841. The number of rotatable bonds is 3. The first-order chi connectivity index (χ1) is 10.3. The summed E-state index contributed by atoms with van der Waals surface area (Å²) < 4.78 is 5.45. The van der Waals surface area contributed by atoms with Crippen LogP contribution in [0.1, 0.15) is 17.7 Å². The van der Waals surface area contributed by atoms with Crippen LogP contribution in [-0.2, 0) is 4.74 Å². The summed E-state index contributed by atoms with van der Waals surface area (Å²) in [6, 6.07) is 6.03. The average molecular weight is 286 g/mol. The van der Waals surface area contributed by atoms with Gasteiger partial charge in [-0.1, -0.05) is 0 Å². The molecule has 0 radical (unpaired) electrons. The maximum absolute atomic E-state index is 9.24. The molecular formula is C16H22N4O. The highest BCUT2D eigenvalue weighted by molar-refractivity contribution is 5.54. The number of aryl methyl sites for hydroxylation is 1. The molecule has 0 spiro atoms. The molecule has 2 aliphatic heterocycles. The summed E-state index contributed by atoms with van der Waals surface area (Å²) in [5.74, 6) is 1.55. The highest BCUT2D eigenvalue weighted by Crippen LogP contribution is 2.21. The number of aromatic nitrogens is 1. The Morgan fingerprint density at radius 1 is 1.33 bits per heavy atom. The van der Waals surface area contributed by atoms with Gasteiger partial charge in [0, 0.05) is 45.0 Å². The summed E-state index contributed by atoms with van der Waals surface area (Å²) in [4.78, 5) is 9.32. The number of hydrogen-bond donors (Lipinski definition) is 0.